The molecule has 0 aliphatic carbocycles. The lowest BCUT2D eigenvalue weighted by Crippen LogP contribution is -2.14. The summed E-state index contributed by atoms with van der Waals surface area (Å²) < 4.78 is 30.8. The molecule has 0 unspecified atom stereocenters. The number of halogens is 1. The summed E-state index contributed by atoms with van der Waals surface area (Å²) in [5.41, 5.74) is 1.76. The lowest BCUT2D eigenvalue weighted by Gasteiger charge is -2.14. The molecule has 4 rings (SSSR count). The van der Waals surface area contributed by atoms with Crippen molar-refractivity contribution in [3.05, 3.63) is 47.5 Å². The molecule has 172 valence electrons. The van der Waals surface area contributed by atoms with E-state index in [2.05, 4.69) is 31.1 Å². The summed E-state index contributed by atoms with van der Waals surface area (Å²) in [5, 5.41) is 8.67. The molecular formula is C22H22BrN5O3S2. The van der Waals surface area contributed by atoms with Crippen molar-refractivity contribution < 1.29 is 12.8 Å². The van der Waals surface area contributed by atoms with E-state index in [0.717, 1.165) is 20.6 Å². The Labute approximate surface area is 204 Å². The van der Waals surface area contributed by atoms with Crippen LogP contribution in [0.25, 0.3) is 33.6 Å². The summed E-state index contributed by atoms with van der Waals surface area (Å²) in [6, 6.07) is 10.6. The maximum Gasteiger partial charge on any atom is 0.270 e. The Hall–Kier alpha value is -2.63. The van der Waals surface area contributed by atoms with E-state index >= 15 is 0 Å². The van der Waals surface area contributed by atoms with Crippen molar-refractivity contribution in [1.82, 2.24) is 20.2 Å². The number of hydrogen-bond acceptors (Lipinski definition) is 9. The highest BCUT2D eigenvalue weighted by Gasteiger charge is 2.21. The van der Waals surface area contributed by atoms with E-state index in [1.165, 1.54) is 0 Å². The van der Waals surface area contributed by atoms with Gasteiger partial charge in [-0.3, -0.25) is 0 Å². The minimum absolute atomic E-state index is 0.260. The minimum atomic E-state index is -3.35. The number of thiophene rings is 1. The Kier molecular flexibility index (Phi) is 6.64. The molecule has 0 fully saturated rings. The van der Waals surface area contributed by atoms with E-state index in [1.807, 2.05) is 31.1 Å². The fourth-order valence-electron chi connectivity index (χ4n) is 3.06. The van der Waals surface area contributed by atoms with Crippen molar-refractivity contribution in [2.24, 2.45) is 0 Å². The average molecular weight is 548 g/mol. The monoisotopic (exact) mass is 547 g/mol. The maximum atomic E-state index is 12.4. The van der Waals surface area contributed by atoms with Crippen molar-refractivity contribution >= 4 is 42.9 Å². The normalized spacial score (nSPS) is 11.8. The van der Waals surface area contributed by atoms with Crippen LogP contribution in [-0.2, 0) is 15.2 Å². The zero-order valence-corrected chi connectivity index (χ0v) is 21.7. The molecule has 0 aliphatic rings. The number of alkyl halides is 1. The molecule has 8 nitrogen and oxygen atoms in total. The fourth-order valence-corrected chi connectivity index (χ4v) is 5.43. The average Bonchev–Trinajstić information content (AvgIpc) is 3.48. The first kappa shape index (κ1) is 23.5. The van der Waals surface area contributed by atoms with Crippen LogP contribution in [0.5, 0.6) is 0 Å². The largest absolute Gasteiger partial charge is 0.414 e. The van der Waals surface area contributed by atoms with Crippen molar-refractivity contribution in [2.75, 3.05) is 19.0 Å². The van der Waals surface area contributed by atoms with Crippen LogP contribution < -0.4 is 4.90 Å². The van der Waals surface area contributed by atoms with Crippen LogP contribution >= 0.6 is 27.3 Å². The third-order valence-electron chi connectivity index (χ3n) is 4.91. The van der Waals surface area contributed by atoms with Gasteiger partial charge in [0.1, 0.15) is 0 Å². The first-order chi connectivity index (χ1) is 15.7. The maximum absolute atomic E-state index is 12.4. The van der Waals surface area contributed by atoms with Crippen LogP contribution in [0.2, 0.25) is 0 Å². The summed E-state index contributed by atoms with van der Waals surface area (Å²) in [7, 11) is 0.371. The summed E-state index contributed by atoms with van der Waals surface area (Å²) in [5.74, 6) is 1.26. The number of hydrogen-bond donors (Lipinski definition) is 0. The second kappa shape index (κ2) is 9.32. The van der Waals surface area contributed by atoms with Gasteiger partial charge in [0.05, 0.1) is 26.9 Å². The predicted octanol–water partition coefficient (Wildman–Crippen LogP) is 5.07. The van der Waals surface area contributed by atoms with Gasteiger partial charge in [0.25, 0.3) is 11.8 Å². The van der Waals surface area contributed by atoms with Crippen LogP contribution in [0.4, 0.5) is 5.82 Å². The van der Waals surface area contributed by atoms with Crippen LogP contribution in [0, 0.1) is 0 Å². The van der Waals surface area contributed by atoms with Gasteiger partial charge in [0.2, 0.25) is 0 Å². The molecule has 0 saturated heterocycles. The van der Waals surface area contributed by atoms with Crippen LogP contribution in [0.1, 0.15) is 18.7 Å². The molecule has 4 aromatic rings. The predicted molar refractivity (Wildman–Crippen MR) is 133 cm³/mol. The second-order valence-electron chi connectivity index (χ2n) is 7.75. The van der Waals surface area contributed by atoms with E-state index < -0.39 is 15.1 Å². The molecule has 11 heteroatoms. The highest BCUT2D eigenvalue weighted by molar-refractivity contribution is 9.08. The lowest BCUT2D eigenvalue weighted by atomic mass is 10.1. The Morgan fingerprint density at radius 2 is 1.76 bits per heavy atom. The quantitative estimate of drug-likeness (QED) is 0.295. The van der Waals surface area contributed by atoms with Crippen molar-refractivity contribution in [1.29, 1.82) is 0 Å². The third kappa shape index (κ3) is 4.71. The van der Waals surface area contributed by atoms with Gasteiger partial charge in [0, 0.05) is 29.9 Å². The first-order valence-electron chi connectivity index (χ1n) is 10.1. The standard InChI is InChI=1S/C22H22BrN5O3S2/c1-13(2)33(29,30)16-8-5-14(6-9-16)17-12-24-20(28(3)4)19(25-17)22-27-26-21(31-22)18-10-7-15(11-23)32-18/h5-10,12-13H,11H2,1-4H3. The van der Waals surface area contributed by atoms with Gasteiger partial charge in [-0.25, -0.2) is 18.4 Å². The molecule has 0 saturated carbocycles. The van der Waals surface area contributed by atoms with Crippen LogP contribution in [-0.4, -0.2) is 47.9 Å². The topological polar surface area (TPSA) is 102 Å². The Morgan fingerprint density at radius 1 is 1.06 bits per heavy atom. The smallest absolute Gasteiger partial charge is 0.270 e. The molecule has 0 spiro atoms. The number of aromatic nitrogens is 4. The number of rotatable bonds is 7. The summed E-state index contributed by atoms with van der Waals surface area (Å²) in [6.07, 6.45) is 1.64. The van der Waals surface area contributed by atoms with E-state index in [0.29, 0.717) is 23.1 Å². The molecular weight excluding hydrogens is 526 g/mol. The first-order valence-corrected chi connectivity index (χ1v) is 13.6. The lowest BCUT2D eigenvalue weighted by molar-refractivity contribution is 0.583. The van der Waals surface area contributed by atoms with E-state index in [4.69, 9.17) is 9.40 Å². The van der Waals surface area contributed by atoms with Gasteiger partial charge in [-0.05, 0) is 38.1 Å². The van der Waals surface area contributed by atoms with Gasteiger partial charge in [0.15, 0.2) is 21.3 Å². The number of anilines is 1. The fraction of sp³-hybridized carbons (Fsp3) is 0.273. The molecule has 1 aromatic carbocycles. The molecule has 0 atom stereocenters. The molecule has 0 N–H and O–H groups in total. The third-order valence-corrected chi connectivity index (χ3v) is 9.13. The Morgan fingerprint density at radius 3 is 2.36 bits per heavy atom. The van der Waals surface area contributed by atoms with Gasteiger partial charge in [-0.1, -0.05) is 28.1 Å². The van der Waals surface area contributed by atoms with Crippen molar-refractivity contribution in [3.63, 3.8) is 0 Å². The Bertz CT molecular complexity index is 1380. The van der Waals surface area contributed by atoms with Gasteiger partial charge in [-0.2, -0.15) is 0 Å². The van der Waals surface area contributed by atoms with Gasteiger partial charge >= 0.3 is 0 Å². The van der Waals surface area contributed by atoms with Crippen molar-refractivity contribution in [3.8, 4) is 33.6 Å². The Balaban J connectivity index is 1.73. The summed E-state index contributed by atoms with van der Waals surface area (Å²) >= 11 is 5.02. The molecule has 0 amide bonds. The molecule has 0 aliphatic heterocycles. The highest BCUT2D eigenvalue weighted by atomic mass is 79.9. The van der Waals surface area contributed by atoms with Crippen LogP contribution in [0.3, 0.4) is 0 Å². The van der Waals surface area contributed by atoms with E-state index in [1.54, 1.807) is 55.6 Å². The molecule has 3 aromatic heterocycles. The summed E-state index contributed by atoms with van der Waals surface area (Å²) in [4.78, 5) is 13.4. The summed E-state index contributed by atoms with van der Waals surface area (Å²) in [6.45, 7) is 3.33. The van der Waals surface area contributed by atoms with Crippen molar-refractivity contribution in [2.45, 2.75) is 29.3 Å². The number of sulfone groups is 1. The SMILES string of the molecule is CC(C)S(=O)(=O)c1ccc(-c2cnc(N(C)C)c(-c3nnc(-c4ccc(CBr)s4)o3)n2)cc1. The minimum Gasteiger partial charge on any atom is -0.414 e. The van der Waals surface area contributed by atoms with Gasteiger partial charge < -0.3 is 9.32 Å². The van der Waals surface area contributed by atoms with E-state index in [9.17, 15) is 8.42 Å². The van der Waals surface area contributed by atoms with Gasteiger partial charge in [-0.15, -0.1) is 21.5 Å². The highest BCUT2D eigenvalue weighted by Crippen LogP contribution is 2.33. The zero-order valence-electron chi connectivity index (χ0n) is 18.5. The molecule has 3 heterocycles. The second-order valence-corrected chi connectivity index (χ2v) is 12.0. The molecule has 0 radical (unpaired) electrons. The molecule has 0 bridgehead atoms. The number of nitrogens with zero attached hydrogens (tertiary/aromatic N) is 5. The zero-order chi connectivity index (χ0) is 23.8. The van der Waals surface area contributed by atoms with Crippen LogP contribution in [0.15, 0.2) is 51.9 Å². The molecule has 33 heavy (non-hydrogen) atoms. The number of benzene rings is 1. The van der Waals surface area contributed by atoms with E-state index in [-0.39, 0.29) is 10.8 Å².